The molecule has 3 aromatic rings. The predicted molar refractivity (Wildman–Crippen MR) is 122 cm³/mol. The summed E-state index contributed by atoms with van der Waals surface area (Å²) in [6, 6.07) is 18.1. The molecule has 1 aliphatic heterocycles. The van der Waals surface area contributed by atoms with E-state index >= 15 is 0 Å². The van der Waals surface area contributed by atoms with Crippen LogP contribution in [0, 0.1) is 0 Å². The van der Waals surface area contributed by atoms with E-state index in [0.717, 1.165) is 24.1 Å². The Kier molecular flexibility index (Phi) is 6.93. The van der Waals surface area contributed by atoms with E-state index in [0.29, 0.717) is 23.7 Å². The van der Waals surface area contributed by atoms with Gasteiger partial charge in [-0.05, 0) is 60.9 Å². The van der Waals surface area contributed by atoms with Crippen LogP contribution in [0.2, 0.25) is 5.02 Å². The van der Waals surface area contributed by atoms with E-state index in [4.69, 9.17) is 21.1 Å². The molecule has 0 spiro atoms. The van der Waals surface area contributed by atoms with Gasteiger partial charge in [-0.3, -0.25) is 9.78 Å². The van der Waals surface area contributed by atoms with Crippen molar-refractivity contribution in [2.45, 2.75) is 25.0 Å². The van der Waals surface area contributed by atoms with E-state index in [1.165, 1.54) is 13.2 Å². The molecule has 32 heavy (non-hydrogen) atoms. The zero-order chi connectivity index (χ0) is 22.5. The summed E-state index contributed by atoms with van der Waals surface area (Å²) in [5.74, 6) is 0.217. The number of phenols is 1. The zero-order valence-electron chi connectivity index (χ0n) is 17.8. The standard InChI is InChI=1S/C25H25ClN2O4/c1-31-23-16-18(7-10-22(23)29)25(30)28-14-11-20(12-15-28)32-24(21-4-2-3-13-27-21)17-5-8-19(26)9-6-17/h2-10,13,16,20,24,29H,11-12,14-15H2,1H3. The number of carbonyl (C=O) groups is 1. The van der Waals surface area contributed by atoms with Crippen LogP contribution in [0.15, 0.2) is 66.9 Å². The van der Waals surface area contributed by atoms with Gasteiger partial charge in [-0.1, -0.05) is 29.8 Å². The van der Waals surface area contributed by atoms with E-state index in [-0.39, 0.29) is 29.6 Å². The highest BCUT2D eigenvalue weighted by Crippen LogP contribution is 2.31. The van der Waals surface area contributed by atoms with Crippen LogP contribution < -0.4 is 4.74 Å². The van der Waals surface area contributed by atoms with Crippen molar-refractivity contribution in [2.24, 2.45) is 0 Å². The number of piperidine rings is 1. The fraction of sp³-hybridized carbons (Fsp3) is 0.280. The van der Waals surface area contributed by atoms with Gasteiger partial charge < -0.3 is 19.5 Å². The van der Waals surface area contributed by atoms with Gasteiger partial charge in [0.05, 0.1) is 18.9 Å². The van der Waals surface area contributed by atoms with Crippen molar-refractivity contribution >= 4 is 17.5 Å². The Morgan fingerprint density at radius 3 is 2.53 bits per heavy atom. The number of nitrogens with zero attached hydrogens (tertiary/aromatic N) is 2. The van der Waals surface area contributed by atoms with Crippen molar-refractivity contribution in [3.8, 4) is 11.5 Å². The number of ether oxygens (including phenoxy) is 2. The van der Waals surface area contributed by atoms with Crippen LogP contribution in [0.3, 0.4) is 0 Å². The number of hydrogen-bond acceptors (Lipinski definition) is 5. The number of likely N-dealkylation sites (tertiary alicyclic amines) is 1. The number of hydrogen-bond donors (Lipinski definition) is 1. The first-order valence-electron chi connectivity index (χ1n) is 10.5. The molecule has 1 N–H and O–H groups in total. The smallest absolute Gasteiger partial charge is 0.253 e. The molecule has 1 aliphatic rings. The zero-order valence-corrected chi connectivity index (χ0v) is 18.5. The Hall–Kier alpha value is -3.09. The highest BCUT2D eigenvalue weighted by atomic mass is 35.5. The molecule has 1 aromatic heterocycles. The third kappa shape index (κ3) is 5.03. The Morgan fingerprint density at radius 2 is 1.88 bits per heavy atom. The van der Waals surface area contributed by atoms with Crippen LogP contribution in [0.4, 0.5) is 0 Å². The van der Waals surface area contributed by atoms with Gasteiger partial charge in [0.2, 0.25) is 0 Å². The van der Waals surface area contributed by atoms with Crippen molar-refractivity contribution in [1.29, 1.82) is 0 Å². The fourth-order valence-corrected chi connectivity index (χ4v) is 3.99. The molecule has 1 fully saturated rings. The number of amides is 1. The molecule has 0 aliphatic carbocycles. The minimum Gasteiger partial charge on any atom is -0.504 e. The maximum absolute atomic E-state index is 12.9. The van der Waals surface area contributed by atoms with Crippen molar-refractivity contribution in [1.82, 2.24) is 9.88 Å². The second kappa shape index (κ2) is 10.0. The molecule has 1 saturated heterocycles. The van der Waals surface area contributed by atoms with Crippen molar-refractivity contribution in [3.05, 3.63) is 88.7 Å². The third-order valence-electron chi connectivity index (χ3n) is 5.61. The monoisotopic (exact) mass is 452 g/mol. The van der Waals surface area contributed by atoms with Gasteiger partial charge >= 0.3 is 0 Å². The number of pyridine rings is 1. The lowest BCUT2D eigenvalue weighted by Crippen LogP contribution is -2.41. The molecule has 2 heterocycles. The number of aromatic hydroxyl groups is 1. The fourth-order valence-electron chi connectivity index (χ4n) is 3.87. The van der Waals surface area contributed by atoms with Crippen LogP contribution in [0.1, 0.15) is 40.6 Å². The minimum absolute atomic E-state index is 0.00362. The second-order valence-electron chi connectivity index (χ2n) is 7.70. The Balaban J connectivity index is 1.43. The van der Waals surface area contributed by atoms with Crippen LogP contribution in [0.25, 0.3) is 0 Å². The predicted octanol–water partition coefficient (Wildman–Crippen LogP) is 4.86. The quantitative estimate of drug-likeness (QED) is 0.578. The van der Waals surface area contributed by atoms with E-state index < -0.39 is 0 Å². The number of carbonyl (C=O) groups excluding carboxylic acids is 1. The van der Waals surface area contributed by atoms with Crippen molar-refractivity contribution in [3.63, 3.8) is 0 Å². The van der Waals surface area contributed by atoms with Gasteiger partial charge in [0.25, 0.3) is 5.91 Å². The summed E-state index contributed by atoms with van der Waals surface area (Å²) in [5, 5.41) is 10.4. The molecule has 2 aromatic carbocycles. The second-order valence-corrected chi connectivity index (χ2v) is 8.14. The summed E-state index contributed by atoms with van der Waals surface area (Å²) < 4.78 is 11.6. The van der Waals surface area contributed by atoms with Gasteiger partial charge in [0.1, 0.15) is 6.10 Å². The molecule has 0 saturated carbocycles. The Morgan fingerprint density at radius 1 is 1.12 bits per heavy atom. The van der Waals surface area contributed by atoms with Gasteiger partial charge in [0, 0.05) is 29.9 Å². The SMILES string of the molecule is COc1cc(C(=O)N2CCC(OC(c3ccc(Cl)cc3)c3ccccn3)CC2)ccc1O. The minimum atomic E-state index is -0.304. The summed E-state index contributed by atoms with van der Waals surface area (Å²) >= 11 is 6.06. The largest absolute Gasteiger partial charge is 0.504 e. The van der Waals surface area contributed by atoms with Gasteiger partial charge in [-0.15, -0.1) is 0 Å². The molecule has 6 nitrogen and oxygen atoms in total. The normalized spacial score (nSPS) is 15.4. The molecule has 1 atom stereocenters. The Bertz CT molecular complexity index is 1050. The lowest BCUT2D eigenvalue weighted by Gasteiger charge is -2.34. The van der Waals surface area contributed by atoms with Crippen LogP contribution >= 0.6 is 11.6 Å². The summed E-state index contributed by atoms with van der Waals surface area (Å²) in [7, 11) is 1.46. The maximum atomic E-state index is 12.9. The molecular formula is C25H25ClN2O4. The number of methoxy groups -OCH3 is 1. The average molecular weight is 453 g/mol. The molecule has 0 radical (unpaired) electrons. The number of aromatic nitrogens is 1. The van der Waals surface area contributed by atoms with Crippen LogP contribution in [-0.2, 0) is 4.74 Å². The van der Waals surface area contributed by atoms with E-state index in [9.17, 15) is 9.90 Å². The number of halogens is 1. The van der Waals surface area contributed by atoms with Crippen LogP contribution in [0.5, 0.6) is 11.5 Å². The van der Waals surface area contributed by atoms with Gasteiger partial charge in [-0.2, -0.15) is 0 Å². The van der Waals surface area contributed by atoms with Crippen molar-refractivity contribution in [2.75, 3.05) is 20.2 Å². The number of rotatable bonds is 6. The molecule has 4 rings (SSSR count). The molecule has 1 amide bonds. The third-order valence-corrected chi connectivity index (χ3v) is 5.87. The first kappa shape index (κ1) is 22.1. The summed E-state index contributed by atoms with van der Waals surface area (Å²) in [6.07, 6.45) is 2.89. The maximum Gasteiger partial charge on any atom is 0.253 e. The molecule has 1 unspecified atom stereocenters. The molecule has 0 bridgehead atoms. The number of phenolic OH excluding ortho intramolecular Hbond substituents is 1. The summed E-state index contributed by atoms with van der Waals surface area (Å²) in [4.78, 5) is 19.2. The lowest BCUT2D eigenvalue weighted by molar-refractivity contribution is -0.0254. The van der Waals surface area contributed by atoms with E-state index in [1.807, 2.05) is 47.4 Å². The van der Waals surface area contributed by atoms with Crippen LogP contribution in [-0.4, -0.2) is 47.2 Å². The Labute approximate surface area is 192 Å². The average Bonchev–Trinajstić information content (AvgIpc) is 2.84. The molecule has 7 heteroatoms. The highest BCUT2D eigenvalue weighted by Gasteiger charge is 2.28. The lowest BCUT2D eigenvalue weighted by atomic mass is 10.0. The van der Waals surface area contributed by atoms with Crippen molar-refractivity contribution < 1.29 is 19.4 Å². The molecule has 166 valence electrons. The first-order chi connectivity index (χ1) is 15.5. The molecular weight excluding hydrogens is 428 g/mol. The first-order valence-corrected chi connectivity index (χ1v) is 10.9. The topological polar surface area (TPSA) is 71.9 Å². The summed E-state index contributed by atoms with van der Waals surface area (Å²) in [5.41, 5.74) is 2.32. The van der Waals surface area contributed by atoms with Gasteiger partial charge in [0.15, 0.2) is 11.5 Å². The van der Waals surface area contributed by atoms with Gasteiger partial charge in [-0.25, -0.2) is 0 Å². The van der Waals surface area contributed by atoms with E-state index in [1.54, 1.807) is 18.3 Å². The summed E-state index contributed by atoms with van der Waals surface area (Å²) in [6.45, 7) is 1.17. The highest BCUT2D eigenvalue weighted by molar-refractivity contribution is 6.30. The number of benzene rings is 2. The van der Waals surface area contributed by atoms with E-state index in [2.05, 4.69) is 4.98 Å².